The van der Waals surface area contributed by atoms with E-state index in [2.05, 4.69) is 5.32 Å². The van der Waals surface area contributed by atoms with E-state index in [4.69, 9.17) is 5.11 Å². The molecular weight excluding hydrogens is 260 g/mol. The fourth-order valence-corrected chi connectivity index (χ4v) is 2.56. The summed E-state index contributed by atoms with van der Waals surface area (Å²) in [6, 6.07) is 0.348. The van der Waals surface area contributed by atoms with Crippen LogP contribution in [-0.2, 0) is 14.4 Å². The molecule has 20 heavy (non-hydrogen) atoms. The van der Waals surface area contributed by atoms with Crippen molar-refractivity contribution >= 4 is 17.8 Å². The van der Waals surface area contributed by atoms with E-state index in [0.717, 1.165) is 12.8 Å². The molecule has 1 atom stereocenters. The number of rotatable bonds is 6. The predicted octanol–water partition coefficient (Wildman–Crippen LogP) is 0.757. The van der Waals surface area contributed by atoms with E-state index in [1.807, 2.05) is 18.7 Å². The van der Waals surface area contributed by atoms with Crippen molar-refractivity contribution in [2.24, 2.45) is 5.92 Å². The highest BCUT2D eigenvalue weighted by Gasteiger charge is 2.42. The monoisotopic (exact) mass is 282 g/mol. The number of hydrogen-bond acceptors (Lipinski definition) is 3. The second kappa shape index (κ2) is 5.42. The highest BCUT2D eigenvalue weighted by molar-refractivity contribution is 5.89. The standard InChI is InChI=1S/C14H22N2O4/c1-14(2,6-5-12(18)19)15-13(20)9-7-11(17)16(8-9)10-3-4-10/h9-10H,3-8H2,1-2H3,(H,15,20)(H,18,19). The Labute approximate surface area is 118 Å². The Morgan fingerprint density at radius 2 is 2.05 bits per heavy atom. The summed E-state index contributed by atoms with van der Waals surface area (Å²) in [6.45, 7) is 4.12. The average Bonchev–Trinajstić information content (AvgIpc) is 3.10. The fraction of sp³-hybridized carbons (Fsp3) is 0.786. The summed E-state index contributed by atoms with van der Waals surface area (Å²) in [5.74, 6) is -1.25. The molecule has 0 aromatic heterocycles. The number of carbonyl (C=O) groups excluding carboxylic acids is 2. The van der Waals surface area contributed by atoms with Crippen molar-refractivity contribution in [3.05, 3.63) is 0 Å². The van der Waals surface area contributed by atoms with Crippen molar-refractivity contribution in [3.8, 4) is 0 Å². The minimum Gasteiger partial charge on any atom is -0.481 e. The van der Waals surface area contributed by atoms with Gasteiger partial charge in [0.15, 0.2) is 0 Å². The van der Waals surface area contributed by atoms with Crippen LogP contribution in [0.4, 0.5) is 0 Å². The van der Waals surface area contributed by atoms with E-state index < -0.39 is 11.5 Å². The van der Waals surface area contributed by atoms with Crippen molar-refractivity contribution in [2.45, 2.75) is 57.5 Å². The molecule has 1 aliphatic carbocycles. The Morgan fingerprint density at radius 3 is 2.60 bits per heavy atom. The molecule has 0 spiro atoms. The number of amides is 2. The van der Waals surface area contributed by atoms with Gasteiger partial charge in [0.1, 0.15) is 0 Å². The third kappa shape index (κ3) is 3.71. The van der Waals surface area contributed by atoms with Gasteiger partial charge in [0.05, 0.1) is 5.92 Å². The van der Waals surface area contributed by atoms with Crippen LogP contribution in [0.1, 0.15) is 46.0 Å². The first-order valence-electron chi connectivity index (χ1n) is 7.12. The number of carboxylic acids is 1. The maximum Gasteiger partial charge on any atom is 0.303 e. The van der Waals surface area contributed by atoms with Crippen molar-refractivity contribution in [2.75, 3.05) is 6.54 Å². The number of aliphatic carboxylic acids is 1. The van der Waals surface area contributed by atoms with Crippen molar-refractivity contribution in [1.82, 2.24) is 10.2 Å². The Balaban J connectivity index is 1.85. The highest BCUT2D eigenvalue weighted by atomic mass is 16.4. The van der Waals surface area contributed by atoms with E-state index >= 15 is 0 Å². The molecule has 1 saturated heterocycles. The lowest BCUT2D eigenvalue weighted by molar-refractivity contribution is -0.138. The number of nitrogens with zero attached hydrogens (tertiary/aromatic N) is 1. The fourth-order valence-electron chi connectivity index (χ4n) is 2.56. The van der Waals surface area contributed by atoms with Gasteiger partial charge in [-0.05, 0) is 33.1 Å². The van der Waals surface area contributed by atoms with E-state index in [9.17, 15) is 14.4 Å². The largest absolute Gasteiger partial charge is 0.481 e. The van der Waals surface area contributed by atoms with Crippen LogP contribution in [0, 0.1) is 5.92 Å². The van der Waals surface area contributed by atoms with Gasteiger partial charge in [-0.25, -0.2) is 0 Å². The molecular formula is C14H22N2O4. The van der Waals surface area contributed by atoms with Gasteiger partial charge in [0.2, 0.25) is 11.8 Å². The Kier molecular flexibility index (Phi) is 4.01. The number of nitrogens with one attached hydrogen (secondary N) is 1. The molecule has 1 unspecified atom stereocenters. The van der Waals surface area contributed by atoms with Gasteiger partial charge in [0, 0.05) is 31.0 Å². The molecule has 6 nitrogen and oxygen atoms in total. The van der Waals surface area contributed by atoms with Crippen LogP contribution in [0.3, 0.4) is 0 Å². The summed E-state index contributed by atoms with van der Waals surface area (Å²) < 4.78 is 0. The Hall–Kier alpha value is -1.59. The van der Waals surface area contributed by atoms with Crippen molar-refractivity contribution in [1.29, 1.82) is 0 Å². The molecule has 0 radical (unpaired) electrons. The van der Waals surface area contributed by atoms with Crippen LogP contribution in [0.15, 0.2) is 0 Å². The van der Waals surface area contributed by atoms with E-state index in [1.54, 1.807) is 0 Å². The summed E-state index contributed by atoms with van der Waals surface area (Å²) >= 11 is 0. The van der Waals surface area contributed by atoms with E-state index in [-0.39, 0.29) is 30.6 Å². The number of carboxylic acid groups (broad SMARTS) is 1. The first kappa shape index (κ1) is 14.8. The normalized spacial score (nSPS) is 23.0. The topological polar surface area (TPSA) is 86.7 Å². The van der Waals surface area contributed by atoms with Crippen LogP contribution in [0.2, 0.25) is 0 Å². The molecule has 0 aromatic carbocycles. The number of likely N-dealkylation sites (tertiary alicyclic amines) is 1. The Bertz CT molecular complexity index is 429. The maximum absolute atomic E-state index is 12.2. The molecule has 0 bridgehead atoms. The van der Waals surface area contributed by atoms with Crippen LogP contribution in [0.5, 0.6) is 0 Å². The molecule has 2 rings (SSSR count). The second-order valence-electron chi connectivity index (χ2n) is 6.45. The second-order valence-corrected chi connectivity index (χ2v) is 6.45. The van der Waals surface area contributed by atoms with Gasteiger partial charge < -0.3 is 15.3 Å². The van der Waals surface area contributed by atoms with Crippen LogP contribution < -0.4 is 5.32 Å². The molecule has 2 fully saturated rings. The quantitative estimate of drug-likeness (QED) is 0.753. The molecule has 0 aromatic rings. The van der Waals surface area contributed by atoms with Gasteiger partial charge in [-0.1, -0.05) is 0 Å². The zero-order valence-electron chi connectivity index (χ0n) is 12.0. The smallest absolute Gasteiger partial charge is 0.303 e. The van der Waals surface area contributed by atoms with Crippen LogP contribution in [-0.4, -0.2) is 45.9 Å². The SMILES string of the molecule is CC(C)(CCC(=O)O)NC(=O)C1CC(=O)N(C2CC2)C1. The minimum absolute atomic E-state index is 0.0189. The number of carbonyl (C=O) groups is 3. The zero-order valence-corrected chi connectivity index (χ0v) is 12.0. The van der Waals surface area contributed by atoms with Gasteiger partial charge in [-0.15, -0.1) is 0 Å². The number of hydrogen-bond donors (Lipinski definition) is 2. The van der Waals surface area contributed by atoms with Gasteiger partial charge in [-0.2, -0.15) is 0 Å². The van der Waals surface area contributed by atoms with Crippen molar-refractivity contribution in [3.63, 3.8) is 0 Å². The van der Waals surface area contributed by atoms with Crippen LogP contribution in [0.25, 0.3) is 0 Å². The van der Waals surface area contributed by atoms with E-state index in [0.29, 0.717) is 19.0 Å². The average molecular weight is 282 g/mol. The maximum atomic E-state index is 12.2. The molecule has 1 aliphatic heterocycles. The van der Waals surface area contributed by atoms with Gasteiger partial charge in [0.25, 0.3) is 0 Å². The third-order valence-electron chi connectivity index (χ3n) is 3.94. The molecule has 2 amide bonds. The first-order chi connectivity index (χ1) is 9.28. The van der Waals surface area contributed by atoms with Gasteiger partial charge in [-0.3, -0.25) is 14.4 Å². The Morgan fingerprint density at radius 1 is 1.40 bits per heavy atom. The first-order valence-corrected chi connectivity index (χ1v) is 7.12. The third-order valence-corrected chi connectivity index (χ3v) is 3.94. The zero-order chi connectivity index (χ0) is 14.9. The summed E-state index contributed by atoms with van der Waals surface area (Å²) in [4.78, 5) is 36.4. The summed E-state index contributed by atoms with van der Waals surface area (Å²) in [7, 11) is 0. The summed E-state index contributed by atoms with van der Waals surface area (Å²) in [5.41, 5.74) is -0.564. The predicted molar refractivity (Wildman–Crippen MR) is 71.9 cm³/mol. The summed E-state index contributed by atoms with van der Waals surface area (Å²) in [6.07, 6.45) is 2.76. The lowest BCUT2D eigenvalue weighted by atomic mass is 9.96. The molecule has 6 heteroatoms. The molecule has 112 valence electrons. The molecule has 1 heterocycles. The molecule has 1 saturated carbocycles. The highest BCUT2D eigenvalue weighted by Crippen LogP contribution is 2.32. The van der Waals surface area contributed by atoms with Crippen LogP contribution >= 0.6 is 0 Å². The van der Waals surface area contributed by atoms with Gasteiger partial charge >= 0.3 is 5.97 Å². The molecule has 2 N–H and O–H groups in total. The lowest BCUT2D eigenvalue weighted by Crippen LogP contribution is -2.47. The van der Waals surface area contributed by atoms with E-state index in [1.165, 1.54) is 0 Å². The summed E-state index contributed by atoms with van der Waals surface area (Å²) in [5, 5.41) is 11.6. The lowest BCUT2D eigenvalue weighted by Gasteiger charge is -2.27. The van der Waals surface area contributed by atoms with Crippen molar-refractivity contribution < 1.29 is 19.5 Å². The molecule has 2 aliphatic rings. The minimum atomic E-state index is -0.872.